The number of pyridine rings is 1. The molecule has 5 nitrogen and oxygen atoms in total. The molecule has 6 heteroatoms. The van der Waals surface area contributed by atoms with Crippen LogP contribution in [0.2, 0.25) is 0 Å². The van der Waals surface area contributed by atoms with Crippen LogP contribution < -0.4 is 5.32 Å². The highest BCUT2D eigenvalue weighted by Gasteiger charge is 2.26. The predicted octanol–water partition coefficient (Wildman–Crippen LogP) is 4.51. The molecule has 0 atom stereocenters. The molecular formula is C21H20N4OS. The maximum absolute atomic E-state index is 12.6. The Morgan fingerprint density at radius 1 is 1.07 bits per heavy atom. The van der Waals surface area contributed by atoms with Gasteiger partial charge < -0.3 is 9.88 Å². The Morgan fingerprint density at radius 3 is 2.78 bits per heavy atom. The molecule has 1 saturated carbocycles. The van der Waals surface area contributed by atoms with Crippen LogP contribution in [0, 0.1) is 0 Å². The molecule has 1 N–H and O–H groups in total. The van der Waals surface area contributed by atoms with Crippen molar-refractivity contribution in [3.63, 3.8) is 0 Å². The number of hydrogen-bond donors (Lipinski definition) is 1. The molecule has 0 bridgehead atoms. The second-order valence-corrected chi connectivity index (χ2v) is 8.14. The molecule has 1 aromatic carbocycles. The molecular weight excluding hydrogens is 356 g/mol. The zero-order valence-electron chi connectivity index (χ0n) is 14.8. The smallest absolute Gasteiger partial charge is 0.280 e. The summed E-state index contributed by atoms with van der Waals surface area (Å²) in [6.45, 7) is 0. The monoisotopic (exact) mass is 376 g/mol. The van der Waals surface area contributed by atoms with Gasteiger partial charge >= 0.3 is 0 Å². The molecule has 2 aromatic rings. The van der Waals surface area contributed by atoms with Crippen molar-refractivity contribution >= 4 is 27.5 Å². The number of amides is 1. The number of thiazole rings is 1. The topological polar surface area (TPSA) is 59.8 Å². The third-order valence-electron chi connectivity index (χ3n) is 5.39. The molecule has 1 aromatic heterocycles. The molecule has 3 heterocycles. The van der Waals surface area contributed by atoms with Gasteiger partial charge in [-0.15, -0.1) is 11.3 Å². The van der Waals surface area contributed by atoms with E-state index in [0.717, 1.165) is 41.7 Å². The Hall–Kier alpha value is -2.73. The summed E-state index contributed by atoms with van der Waals surface area (Å²) in [6.07, 6.45) is 8.03. The van der Waals surface area contributed by atoms with Crippen LogP contribution in [0.1, 0.15) is 41.5 Å². The van der Waals surface area contributed by atoms with Gasteiger partial charge in [-0.1, -0.05) is 12.1 Å². The Morgan fingerprint density at radius 2 is 1.93 bits per heavy atom. The van der Waals surface area contributed by atoms with Crippen molar-refractivity contribution in [2.75, 3.05) is 0 Å². The molecule has 5 rings (SSSR count). The number of nitrogens with zero attached hydrogens (tertiary/aromatic N) is 3. The highest BCUT2D eigenvalue weighted by molar-refractivity contribution is 7.20. The Labute approximate surface area is 161 Å². The second kappa shape index (κ2) is 6.78. The largest absolute Gasteiger partial charge is 0.347 e. The summed E-state index contributed by atoms with van der Waals surface area (Å²) in [4.78, 5) is 21.6. The van der Waals surface area contributed by atoms with Crippen LogP contribution >= 0.6 is 11.3 Å². The van der Waals surface area contributed by atoms with Crippen molar-refractivity contribution in [3.05, 3.63) is 59.9 Å². The fourth-order valence-corrected chi connectivity index (χ4v) is 4.87. The van der Waals surface area contributed by atoms with Crippen molar-refractivity contribution < 1.29 is 4.79 Å². The third kappa shape index (κ3) is 3.10. The average molecular weight is 376 g/mol. The minimum Gasteiger partial charge on any atom is -0.347 e. The number of benzene rings is 1. The van der Waals surface area contributed by atoms with Gasteiger partial charge in [0.25, 0.3) is 5.91 Å². The van der Waals surface area contributed by atoms with Crippen LogP contribution in [0.3, 0.4) is 0 Å². The van der Waals surface area contributed by atoms with Gasteiger partial charge in [-0.05, 0) is 56.0 Å². The van der Waals surface area contributed by atoms with Gasteiger partial charge in [0.1, 0.15) is 5.82 Å². The van der Waals surface area contributed by atoms with Gasteiger partial charge in [0.05, 0.1) is 10.2 Å². The highest BCUT2D eigenvalue weighted by Crippen LogP contribution is 2.33. The second-order valence-electron chi connectivity index (χ2n) is 7.10. The standard InChI is InChI=1S/C21H20N4OS/c26-20(21-24-17-5-1-2-6-18(17)27-21)23-15-7-9-16(10-8-15)25-13-3-4-14-11-12-22-19(14)25/h1-6,11-13,15-16H,7-10H2,(H,23,26). The Bertz CT molecular complexity index is 1030. The average Bonchev–Trinajstić information content (AvgIpc) is 3.35. The van der Waals surface area contributed by atoms with Crippen LogP contribution in [0.15, 0.2) is 54.9 Å². The number of fused-ring (bicyclic) bond motifs is 2. The lowest BCUT2D eigenvalue weighted by atomic mass is 9.90. The lowest BCUT2D eigenvalue weighted by Crippen LogP contribution is -2.38. The zero-order chi connectivity index (χ0) is 18.2. The van der Waals surface area contributed by atoms with Crippen LogP contribution in [0.4, 0.5) is 0 Å². The minimum absolute atomic E-state index is 0.0490. The number of carbonyl (C=O) groups is 1. The van der Waals surface area contributed by atoms with Gasteiger partial charge in [0.15, 0.2) is 5.01 Å². The maximum atomic E-state index is 12.6. The molecule has 1 fully saturated rings. The molecule has 2 aliphatic heterocycles. The maximum Gasteiger partial charge on any atom is 0.280 e. The van der Waals surface area contributed by atoms with E-state index >= 15 is 0 Å². The summed E-state index contributed by atoms with van der Waals surface area (Å²) < 4.78 is 3.35. The molecule has 1 aliphatic carbocycles. The van der Waals surface area contributed by atoms with Crippen LogP contribution in [-0.4, -0.2) is 26.5 Å². The molecule has 0 spiro atoms. The van der Waals surface area contributed by atoms with Crippen LogP contribution in [0.25, 0.3) is 21.6 Å². The normalized spacial score (nSPS) is 20.1. The number of rotatable bonds is 3. The predicted molar refractivity (Wildman–Crippen MR) is 107 cm³/mol. The summed E-state index contributed by atoms with van der Waals surface area (Å²) >= 11 is 1.46. The fourth-order valence-electron chi connectivity index (χ4n) is 4.00. The number of hydrogen-bond acceptors (Lipinski definition) is 4. The van der Waals surface area contributed by atoms with E-state index in [2.05, 4.69) is 44.2 Å². The summed E-state index contributed by atoms with van der Waals surface area (Å²) in [5.41, 5.74) is 2.08. The van der Waals surface area contributed by atoms with Crippen molar-refractivity contribution in [3.8, 4) is 11.4 Å². The Kier molecular flexibility index (Phi) is 4.13. The Balaban J connectivity index is 1.24. The first-order valence-corrected chi connectivity index (χ1v) is 10.2. The van der Waals surface area contributed by atoms with E-state index in [1.165, 1.54) is 16.9 Å². The fraction of sp³-hybridized carbons (Fsp3) is 0.286. The summed E-state index contributed by atoms with van der Waals surface area (Å²) in [7, 11) is 0. The lowest BCUT2D eigenvalue weighted by Gasteiger charge is -2.31. The number of aromatic nitrogens is 3. The molecule has 136 valence electrons. The minimum atomic E-state index is -0.0490. The van der Waals surface area contributed by atoms with Crippen LogP contribution in [-0.2, 0) is 0 Å². The molecule has 1 amide bonds. The van der Waals surface area contributed by atoms with E-state index in [1.54, 1.807) is 0 Å². The molecule has 0 unspecified atom stereocenters. The van der Waals surface area contributed by atoms with E-state index in [1.807, 2.05) is 30.5 Å². The van der Waals surface area contributed by atoms with E-state index < -0.39 is 0 Å². The molecule has 0 radical (unpaired) electrons. The van der Waals surface area contributed by atoms with Gasteiger partial charge in [0, 0.05) is 30.0 Å². The lowest BCUT2D eigenvalue weighted by molar-refractivity contribution is 0.0922. The molecule has 0 saturated heterocycles. The molecule has 27 heavy (non-hydrogen) atoms. The zero-order valence-corrected chi connectivity index (χ0v) is 15.7. The number of carbonyl (C=O) groups excluding carboxylic acids is 1. The quantitative estimate of drug-likeness (QED) is 0.572. The van der Waals surface area contributed by atoms with Gasteiger partial charge in [-0.3, -0.25) is 4.79 Å². The molecule has 3 aliphatic rings. The third-order valence-corrected chi connectivity index (χ3v) is 6.42. The van der Waals surface area contributed by atoms with Crippen molar-refractivity contribution in [1.29, 1.82) is 0 Å². The van der Waals surface area contributed by atoms with E-state index in [0.29, 0.717) is 11.0 Å². The summed E-state index contributed by atoms with van der Waals surface area (Å²) in [5, 5.41) is 3.74. The number of nitrogens with one attached hydrogen (secondary N) is 1. The number of para-hydroxylation sites is 1. The van der Waals surface area contributed by atoms with Crippen LogP contribution in [0.5, 0.6) is 0 Å². The van der Waals surface area contributed by atoms with Gasteiger partial charge in [-0.2, -0.15) is 0 Å². The first-order chi connectivity index (χ1) is 13.3. The van der Waals surface area contributed by atoms with E-state index in [-0.39, 0.29) is 11.9 Å². The highest BCUT2D eigenvalue weighted by atomic mass is 32.1. The first-order valence-electron chi connectivity index (χ1n) is 9.36. The van der Waals surface area contributed by atoms with Gasteiger partial charge in [-0.25, -0.2) is 9.97 Å². The van der Waals surface area contributed by atoms with Crippen molar-refractivity contribution in [2.45, 2.75) is 37.8 Å². The van der Waals surface area contributed by atoms with Crippen molar-refractivity contribution in [2.24, 2.45) is 0 Å². The summed E-state index contributed by atoms with van der Waals surface area (Å²) in [6, 6.07) is 14.8. The van der Waals surface area contributed by atoms with E-state index in [9.17, 15) is 4.79 Å². The SMILES string of the molecule is O=C(NC1CCC(n2cccc3ccnc2-3)CC1)c1nc2ccccc2s1. The summed E-state index contributed by atoms with van der Waals surface area (Å²) in [5.74, 6) is 1.01. The van der Waals surface area contributed by atoms with Gasteiger partial charge in [0.2, 0.25) is 0 Å². The van der Waals surface area contributed by atoms with Crippen molar-refractivity contribution in [1.82, 2.24) is 19.9 Å². The van der Waals surface area contributed by atoms with E-state index in [4.69, 9.17) is 0 Å². The first kappa shape index (κ1) is 16.4.